The first-order valence-electron chi connectivity index (χ1n) is 8.21. The van der Waals surface area contributed by atoms with Crippen LogP contribution in [0.1, 0.15) is 18.1 Å². The standard InChI is InChI=1S/C19H19NO5S/c1-2-24-16-5-7-17(8-6-16)26(22,23)20-19(21)10-4-14-3-9-18-15(13-14)11-12-25-18/h3-10,13H,2,11-12H2,1H3,(H,20,21)/b10-4+. The van der Waals surface area contributed by atoms with E-state index >= 15 is 0 Å². The largest absolute Gasteiger partial charge is 0.494 e. The summed E-state index contributed by atoms with van der Waals surface area (Å²) in [6.07, 6.45) is 3.60. The summed E-state index contributed by atoms with van der Waals surface area (Å²) in [5.74, 6) is 0.707. The zero-order chi connectivity index (χ0) is 18.6. The van der Waals surface area contributed by atoms with Crippen molar-refractivity contribution in [2.75, 3.05) is 13.2 Å². The molecular weight excluding hydrogens is 354 g/mol. The highest BCUT2D eigenvalue weighted by Crippen LogP contribution is 2.26. The molecule has 0 saturated heterocycles. The number of rotatable bonds is 6. The van der Waals surface area contributed by atoms with Crippen molar-refractivity contribution >= 4 is 22.0 Å². The molecule has 0 fully saturated rings. The van der Waals surface area contributed by atoms with Gasteiger partial charge in [-0.05, 0) is 60.5 Å². The normalized spacial score (nSPS) is 13.3. The lowest BCUT2D eigenvalue weighted by Crippen LogP contribution is -2.28. The summed E-state index contributed by atoms with van der Waals surface area (Å²) in [6, 6.07) is 11.5. The molecule has 0 bridgehead atoms. The third-order valence-electron chi connectivity index (χ3n) is 3.82. The van der Waals surface area contributed by atoms with Gasteiger partial charge in [0.05, 0.1) is 18.1 Å². The van der Waals surface area contributed by atoms with E-state index in [4.69, 9.17) is 9.47 Å². The highest BCUT2D eigenvalue weighted by Gasteiger charge is 2.16. The fourth-order valence-corrected chi connectivity index (χ4v) is 3.53. The van der Waals surface area contributed by atoms with Gasteiger partial charge in [-0.1, -0.05) is 6.07 Å². The molecule has 0 radical (unpaired) electrons. The van der Waals surface area contributed by atoms with Gasteiger partial charge in [-0.25, -0.2) is 13.1 Å². The smallest absolute Gasteiger partial charge is 0.264 e. The van der Waals surface area contributed by atoms with E-state index in [9.17, 15) is 13.2 Å². The summed E-state index contributed by atoms with van der Waals surface area (Å²) in [6.45, 7) is 2.98. The Labute approximate surface area is 152 Å². The minimum Gasteiger partial charge on any atom is -0.494 e. The molecule has 2 aromatic carbocycles. The maximum Gasteiger partial charge on any atom is 0.264 e. The zero-order valence-electron chi connectivity index (χ0n) is 14.3. The monoisotopic (exact) mass is 373 g/mol. The van der Waals surface area contributed by atoms with Crippen LogP contribution in [0, 0.1) is 0 Å². The molecule has 136 valence electrons. The Morgan fingerprint density at radius 2 is 2.00 bits per heavy atom. The number of ether oxygens (including phenoxy) is 2. The van der Waals surface area contributed by atoms with Crippen LogP contribution in [-0.2, 0) is 21.2 Å². The van der Waals surface area contributed by atoms with Gasteiger partial charge < -0.3 is 9.47 Å². The second-order valence-electron chi connectivity index (χ2n) is 5.67. The van der Waals surface area contributed by atoms with Gasteiger partial charge in [0.15, 0.2) is 0 Å². The van der Waals surface area contributed by atoms with E-state index in [1.165, 1.54) is 18.2 Å². The molecule has 0 unspecified atom stereocenters. The fraction of sp³-hybridized carbons (Fsp3) is 0.211. The minimum absolute atomic E-state index is 0.00242. The molecule has 1 amide bonds. The van der Waals surface area contributed by atoms with Crippen molar-refractivity contribution in [3.05, 3.63) is 59.7 Å². The molecule has 0 spiro atoms. The summed E-state index contributed by atoms with van der Waals surface area (Å²) in [4.78, 5) is 12.0. The Balaban J connectivity index is 1.66. The second-order valence-corrected chi connectivity index (χ2v) is 7.36. The van der Waals surface area contributed by atoms with Crippen LogP contribution in [0.25, 0.3) is 6.08 Å². The molecule has 0 atom stereocenters. The lowest BCUT2D eigenvalue weighted by atomic mass is 10.1. The number of hydrogen-bond acceptors (Lipinski definition) is 5. The van der Waals surface area contributed by atoms with E-state index in [1.807, 2.05) is 29.8 Å². The highest BCUT2D eigenvalue weighted by atomic mass is 32.2. The van der Waals surface area contributed by atoms with Gasteiger partial charge >= 0.3 is 0 Å². The van der Waals surface area contributed by atoms with Crippen molar-refractivity contribution in [3.8, 4) is 11.5 Å². The van der Waals surface area contributed by atoms with Gasteiger partial charge in [0.25, 0.3) is 15.9 Å². The third-order valence-corrected chi connectivity index (χ3v) is 5.18. The summed E-state index contributed by atoms with van der Waals surface area (Å²) in [5.41, 5.74) is 1.89. The number of benzene rings is 2. The third kappa shape index (κ3) is 4.23. The Bertz CT molecular complexity index is 933. The van der Waals surface area contributed by atoms with Crippen LogP contribution in [-0.4, -0.2) is 27.5 Å². The molecule has 1 aliphatic rings. The average molecular weight is 373 g/mol. The van der Waals surface area contributed by atoms with Crippen molar-refractivity contribution in [3.63, 3.8) is 0 Å². The number of carbonyl (C=O) groups is 1. The molecule has 1 heterocycles. The summed E-state index contributed by atoms with van der Waals surface area (Å²) in [7, 11) is -3.93. The molecule has 1 aliphatic heterocycles. The van der Waals surface area contributed by atoms with Crippen LogP contribution in [0.15, 0.2) is 53.4 Å². The fourth-order valence-electron chi connectivity index (χ4n) is 2.59. The molecule has 7 heteroatoms. The van der Waals surface area contributed by atoms with Crippen molar-refractivity contribution in [1.82, 2.24) is 4.72 Å². The first-order chi connectivity index (χ1) is 12.5. The van der Waals surface area contributed by atoms with Crippen molar-refractivity contribution in [2.24, 2.45) is 0 Å². The van der Waals surface area contributed by atoms with Crippen LogP contribution >= 0.6 is 0 Å². The van der Waals surface area contributed by atoms with Crippen LogP contribution in [0.4, 0.5) is 0 Å². The number of fused-ring (bicyclic) bond motifs is 1. The average Bonchev–Trinajstić information content (AvgIpc) is 3.08. The second kappa shape index (κ2) is 7.61. The molecular formula is C19H19NO5S. The SMILES string of the molecule is CCOc1ccc(S(=O)(=O)NC(=O)/C=C/c2ccc3c(c2)CCO3)cc1. The van der Waals surface area contributed by atoms with Gasteiger partial charge in [0, 0.05) is 12.5 Å². The van der Waals surface area contributed by atoms with Crippen molar-refractivity contribution in [2.45, 2.75) is 18.2 Å². The number of amides is 1. The lowest BCUT2D eigenvalue weighted by Gasteiger charge is -2.07. The summed E-state index contributed by atoms with van der Waals surface area (Å²) >= 11 is 0. The molecule has 6 nitrogen and oxygen atoms in total. The Kier molecular flexibility index (Phi) is 5.27. The van der Waals surface area contributed by atoms with Gasteiger partial charge in [-0.3, -0.25) is 4.79 Å². The predicted molar refractivity (Wildman–Crippen MR) is 97.6 cm³/mol. The minimum atomic E-state index is -3.93. The maximum atomic E-state index is 12.3. The molecule has 2 aromatic rings. The number of hydrogen-bond donors (Lipinski definition) is 1. The van der Waals surface area contributed by atoms with Crippen LogP contribution in [0.3, 0.4) is 0 Å². The van der Waals surface area contributed by atoms with E-state index in [2.05, 4.69) is 0 Å². The molecule has 0 aromatic heterocycles. The van der Waals surface area contributed by atoms with Gasteiger partial charge in [-0.15, -0.1) is 0 Å². The molecule has 1 N–H and O–H groups in total. The molecule has 26 heavy (non-hydrogen) atoms. The van der Waals surface area contributed by atoms with Crippen molar-refractivity contribution in [1.29, 1.82) is 0 Å². The first kappa shape index (κ1) is 18.0. The summed E-state index contributed by atoms with van der Waals surface area (Å²) in [5, 5.41) is 0. The zero-order valence-corrected chi connectivity index (χ0v) is 15.1. The van der Waals surface area contributed by atoms with Gasteiger partial charge in [-0.2, -0.15) is 0 Å². The van der Waals surface area contributed by atoms with Crippen LogP contribution < -0.4 is 14.2 Å². The number of carbonyl (C=O) groups excluding carboxylic acids is 1. The topological polar surface area (TPSA) is 81.7 Å². The van der Waals surface area contributed by atoms with Gasteiger partial charge in [0.2, 0.25) is 0 Å². The molecule has 0 saturated carbocycles. The van der Waals surface area contributed by atoms with E-state index in [0.717, 1.165) is 23.3 Å². The van der Waals surface area contributed by atoms with Crippen LogP contribution in [0.5, 0.6) is 11.5 Å². The van der Waals surface area contributed by atoms with E-state index < -0.39 is 15.9 Å². The maximum absolute atomic E-state index is 12.3. The van der Waals surface area contributed by atoms with Crippen LogP contribution in [0.2, 0.25) is 0 Å². The van der Waals surface area contributed by atoms with E-state index in [1.54, 1.807) is 18.2 Å². The Hall–Kier alpha value is -2.80. The lowest BCUT2D eigenvalue weighted by molar-refractivity contribution is -0.114. The molecule has 0 aliphatic carbocycles. The number of nitrogens with one attached hydrogen (secondary N) is 1. The quantitative estimate of drug-likeness (QED) is 0.787. The summed E-state index contributed by atoms with van der Waals surface area (Å²) < 4.78 is 37.2. The first-order valence-corrected chi connectivity index (χ1v) is 9.70. The Morgan fingerprint density at radius 1 is 1.23 bits per heavy atom. The highest BCUT2D eigenvalue weighted by molar-refractivity contribution is 7.90. The van der Waals surface area contributed by atoms with E-state index in [0.29, 0.717) is 19.0 Å². The van der Waals surface area contributed by atoms with Gasteiger partial charge in [0.1, 0.15) is 11.5 Å². The van der Waals surface area contributed by atoms with Crippen molar-refractivity contribution < 1.29 is 22.7 Å². The Morgan fingerprint density at radius 3 is 2.73 bits per heavy atom. The number of sulfonamides is 1. The molecule has 3 rings (SSSR count). The van der Waals surface area contributed by atoms with E-state index in [-0.39, 0.29) is 4.90 Å². The predicted octanol–water partition coefficient (Wildman–Crippen LogP) is 2.54.